The van der Waals surface area contributed by atoms with Gasteiger partial charge >= 0.3 is 5.76 Å². The van der Waals surface area contributed by atoms with Crippen molar-refractivity contribution >= 4 is 11.1 Å². The van der Waals surface area contributed by atoms with Crippen molar-refractivity contribution in [3.63, 3.8) is 0 Å². The van der Waals surface area contributed by atoms with Crippen LogP contribution < -0.4 is 5.76 Å². The SMILES string of the molecule is Cc1nccc(-c2ccc3oc(=O)n(C)c3c2)n1. The normalized spacial score (nSPS) is 11.0. The second kappa shape index (κ2) is 3.80. The highest BCUT2D eigenvalue weighted by Gasteiger charge is 2.08. The standard InChI is InChI=1S/C13H11N3O2/c1-8-14-6-5-10(15-8)9-3-4-12-11(7-9)16(2)13(17)18-12/h3-7H,1-2H3. The molecule has 5 nitrogen and oxygen atoms in total. The number of rotatable bonds is 1. The number of aryl methyl sites for hydroxylation is 2. The average molecular weight is 241 g/mol. The van der Waals surface area contributed by atoms with E-state index >= 15 is 0 Å². The molecule has 0 atom stereocenters. The molecule has 0 saturated heterocycles. The smallest absolute Gasteiger partial charge is 0.408 e. The van der Waals surface area contributed by atoms with Crippen LogP contribution in [0.15, 0.2) is 39.7 Å². The monoisotopic (exact) mass is 241 g/mol. The zero-order chi connectivity index (χ0) is 12.7. The van der Waals surface area contributed by atoms with Gasteiger partial charge < -0.3 is 4.42 Å². The van der Waals surface area contributed by atoms with Crippen LogP contribution in [0, 0.1) is 6.92 Å². The Morgan fingerprint density at radius 1 is 1.28 bits per heavy atom. The highest BCUT2D eigenvalue weighted by molar-refractivity contribution is 5.79. The molecule has 18 heavy (non-hydrogen) atoms. The second-order valence-electron chi connectivity index (χ2n) is 4.10. The minimum absolute atomic E-state index is 0.360. The molecule has 2 heterocycles. The summed E-state index contributed by atoms with van der Waals surface area (Å²) in [4.78, 5) is 19.8. The van der Waals surface area contributed by atoms with Gasteiger partial charge in [-0.2, -0.15) is 0 Å². The van der Waals surface area contributed by atoms with Crippen LogP contribution in [0.5, 0.6) is 0 Å². The average Bonchev–Trinajstić information content (AvgIpc) is 2.65. The Morgan fingerprint density at radius 3 is 2.89 bits per heavy atom. The topological polar surface area (TPSA) is 60.9 Å². The molecule has 0 saturated carbocycles. The predicted molar refractivity (Wildman–Crippen MR) is 67.2 cm³/mol. The molecule has 0 unspecified atom stereocenters. The first-order valence-corrected chi connectivity index (χ1v) is 5.55. The van der Waals surface area contributed by atoms with E-state index in [0.717, 1.165) is 16.8 Å². The first-order chi connectivity index (χ1) is 8.65. The number of oxazole rings is 1. The lowest BCUT2D eigenvalue weighted by Gasteiger charge is -2.01. The van der Waals surface area contributed by atoms with Gasteiger partial charge in [-0.15, -0.1) is 0 Å². The Hall–Kier alpha value is -2.43. The number of aromatic nitrogens is 3. The van der Waals surface area contributed by atoms with Gasteiger partial charge in [-0.3, -0.25) is 4.57 Å². The van der Waals surface area contributed by atoms with Gasteiger partial charge in [0.25, 0.3) is 0 Å². The van der Waals surface area contributed by atoms with Gasteiger partial charge in [0.15, 0.2) is 5.58 Å². The minimum Gasteiger partial charge on any atom is -0.408 e. The maximum Gasteiger partial charge on any atom is 0.419 e. The summed E-state index contributed by atoms with van der Waals surface area (Å²) in [6.45, 7) is 1.84. The third-order valence-corrected chi connectivity index (χ3v) is 2.86. The van der Waals surface area contributed by atoms with Gasteiger partial charge in [0.1, 0.15) is 5.82 Å². The Bertz CT molecular complexity index is 786. The molecule has 0 fully saturated rings. The zero-order valence-electron chi connectivity index (χ0n) is 10.0. The lowest BCUT2D eigenvalue weighted by Crippen LogP contribution is -2.08. The summed E-state index contributed by atoms with van der Waals surface area (Å²) in [6, 6.07) is 7.39. The molecule has 5 heteroatoms. The summed E-state index contributed by atoms with van der Waals surface area (Å²) in [5.41, 5.74) is 3.10. The van der Waals surface area contributed by atoms with Crippen molar-refractivity contribution in [2.75, 3.05) is 0 Å². The molecule has 0 aliphatic carbocycles. The highest BCUT2D eigenvalue weighted by Crippen LogP contribution is 2.21. The van der Waals surface area contributed by atoms with E-state index in [1.807, 2.05) is 25.1 Å². The molecule has 0 aliphatic heterocycles. The van der Waals surface area contributed by atoms with E-state index in [4.69, 9.17) is 4.42 Å². The van der Waals surface area contributed by atoms with Crippen LogP contribution in [0.25, 0.3) is 22.4 Å². The molecular formula is C13H11N3O2. The summed E-state index contributed by atoms with van der Waals surface area (Å²) in [7, 11) is 1.68. The third kappa shape index (κ3) is 1.60. The maximum atomic E-state index is 11.4. The van der Waals surface area contributed by atoms with E-state index in [1.54, 1.807) is 19.3 Å². The van der Waals surface area contributed by atoms with Crippen molar-refractivity contribution < 1.29 is 4.42 Å². The van der Waals surface area contributed by atoms with Gasteiger partial charge in [-0.1, -0.05) is 0 Å². The van der Waals surface area contributed by atoms with E-state index in [-0.39, 0.29) is 5.76 Å². The van der Waals surface area contributed by atoms with E-state index < -0.39 is 0 Å². The Kier molecular flexibility index (Phi) is 2.26. The molecule has 1 aromatic carbocycles. The molecule has 0 bridgehead atoms. The van der Waals surface area contributed by atoms with Crippen LogP contribution in [0.1, 0.15) is 5.82 Å². The molecule has 0 spiro atoms. The summed E-state index contributed by atoms with van der Waals surface area (Å²) in [5, 5.41) is 0. The van der Waals surface area contributed by atoms with Crippen molar-refractivity contribution in [3.05, 3.63) is 46.8 Å². The number of fused-ring (bicyclic) bond motifs is 1. The van der Waals surface area contributed by atoms with E-state index in [9.17, 15) is 4.79 Å². The van der Waals surface area contributed by atoms with Crippen molar-refractivity contribution in [1.82, 2.24) is 14.5 Å². The number of hydrogen-bond donors (Lipinski definition) is 0. The molecular weight excluding hydrogens is 230 g/mol. The molecule has 3 aromatic rings. The fourth-order valence-corrected chi connectivity index (χ4v) is 1.90. The summed E-state index contributed by atoms with van der Waals surface area (Å²) < 4.78 is 6.57. The van der Waals surface area contributed by atoms with Crippen molar-refractivity contribution in [2.45, 2.75) is 6.92 Å². The van der Waals surface area contributed by atoms with Crippen LogP contribution in [-0.2, 0) is 7.05 Å². The Morgan fingerprint density at radius 2 is 2.11 bits per heavy atom. The molecule has 0 aliphatic rings. The zero-order valence-corrected chi connectivity index (χ0v) is 10.0. The van der Waals surface area contributed by atoms with Gasteiger partial charge in [0.05, 0.1) is 11.2 Å². The maximum absolute atomic E-state index is 11.4. The first-order valence-electron chi connectivity index (χ1n) is 5.55. The molecule has 2 aromatic heterocycles. The number of nitrogens with zero attached hydrogens (tertiary/aromatic N) is 3. The third-order valence-electron chi connectivity index (χ3n) is 2.86. The summed E-state index contributed by atoms with van der Waals surface area (Å²) in [6.07, 6.45) is 1.72. The largest absolute Gasteiger partial charge is 0.419 e. The van der Waals surface area contributed by atoms with Gasteiger partial charge in [-0.05, 0) is 31.2 Å². The first kappa shape index (κ1) is 10.7. The van der Waals surface area contributed by atoms with Crippen LogP contribution in [0.3, 0.4) is 0 Å². The van der Waals surface area contributed by atoms with Crippen LogP contribution in [0.4, 0.5) is 0 Å². The molecule has 90 valence electrons. The second-order valence-corrected chi connectivity index (χ2v) is 4.10. The van der Waals surface area contributed by atoms with Gasteiger partial charge in [0, 0.05) is 18.8 Å². The Labute approximate surface area is 103 Å². The lowest BCUT2D eigenvalue weighted by atomic mass is 10.1. The van der Waals surface area contributed by atoms with Crippen molar-refractivity contribution in [3.8, 4) is 11.3 Å². The fourth-order valence-electron chi connectivity index (χ4n) is 1.90. The van der Waals surface area contributed by atoms with Crippen LogP contribution in [-0.4, -0.2) is 14.5 Å². The molecule has 0 radical (unpaired) electrons. The quantitative estimate of drug-likeness (QED) is 0.652. The van der Waals surface area contributed by atoms with E-state index in [2.05, 4.69) is 9.97 Å². The highest BCUT2D eigenvalue weighted by atomic mass is 16.4. The van der Waals surface area contributed by atoms with Crippen LogP contribution >= 0.6 is 0 Å². The van der Waals surface area contributed by atoms with Crippen molar-refractivity contribution in [2.24, 2.45) is 7.05 Å². The molecule has 3 rings (SSSR count). The fraction of sp³-hybridized carbons (Fsp3) is 0.154. The lowest BCUT2D eigenvalue weighted by molar-refractivity contribution is 0.528. The van der Waals surface area contributed by atoms with Gasteiger partial charge in [-0.25, -0.2) is 14.8 Å². The minimum atomic E-state index is -0.360. The van der Waals surface area contributed by atoms with Crippen LogP contribution in [0.2, 0.25) is 0 Å². The van der Waals surface area contributed by atoms with Gasteiger partial charge in [0.2, 0.25) is 0 Å². The molecule has 0 amide bonds. The number of hydrogen-bond acceptors (Lipinski definition) is 4. The van der Waals surface area contributed by atoms with E-state index in [0.29, 0.717) is 11.4 Å². The summed E-state index contributed by atoms with van der Waals surface area (Å²) >= 11 is 0. The van der Waals surface area contributed by atoms with E-state index in [1.165, 1.54) is 4.57 Å². The number of benzene rings is 1. The Balaban J connectivity index is 2.25. The molecule has 0 N–H and O–H groups in total. The van der Waals surface area contributed by atoms with Crippen molar-refractivity contribution in [1.29, 1.82) is 0 Å². The predicted octanol–water partition coefficient (Wildman–Crippen LogP) is 1.90. The summed E-state index contributed by atoms with van der Waals surface area (Å²) in [5.74, 6) is 0.356.